The van der Waals surface area contributed by atoms with Crippen molar-refractivity contribution in [3.05, 3.63) is 0 Å². The fraction of sp³-hybridized carbons (Fsp3) is 1.00. The zero-order valence-electron chi connectivity index (χ0n) is 7.22. The lowest BCUT2D eigenvalue weighted by Crippen LogP contribution is -2.49. The second-order valence-corrected chi connectivity index (χ2v) is 3.60. The molecule has 2 nitrogen and oxygen atoms in total. The van der Waals surface area contributed by atoms with Crippen LogP contribution in [-0.2, 0) is 0 Å². The minimum atomic E-state index is -4.48. The maximum absolute atomic E-state index is 12.1. The van der Waals surface area contributed by atoms with E-state index < -0.39 is 18.3 Å². The molecule has 1 rings (SSSR count). The van der Waals surface area contributed by atoms with Gasteiger partial charge in [0.2, 0.25) is 0 Å². The molecule has 0 bridgehead atoms. The van der Waals surface area contributed by atoms with Crippen molar-refractivity contribution in [1.29, 1.82) is 0 Å². The summed E-state index contributed by atoms with van der Waals surface area (Å²) >= 11 is 0. The second-order valence-electron chi connectivity index (χ2n) is 3.60. The van der Waals surface area contributed by atoms with Gasteiger partial charge in [0.25, 0.3) is 0 Å². The molecule has 0 aromatic rings. The molecule has 0 amide bonds. The lowest BCUT2D eigenvalue weighted by molar-refractivity contribution is -0.174. The average Bonchev–Trinajstić information content (AvgIpc) is 2.51. The van der Waals surface area contributed by atoms with Crippen LogP contribution in [0.4, 0.5) is 13.2 Å². The predicted octanol–water partition coefficient (Wildman–Crippen LogP) is 1.43. The topological polar surface area (TPSA) is 46.2 Å². The summed E-state index contributed by atoms with van der Waals surface area (Å²) in [7, 11) is 0. The van der Waals surface area contributed by atoms with E-state index in [0.717, 1.165) is 12.8 Å². The van der Waals surface area contributed by atoms with Crippen LogP contribution in [0.25, 0.3) is 0 Å². The Balaban J connectivity index is 2.50. The molecule has 3 N–H and O–H groups in total. The predicted molar refractivity (Wildman–Crippen MR) is 42.0 cm³/mol. The third-order valence-electron chi connectivity index (χ3n) is 2.63. The first-order valence-electron chi connectivity index (χ1n) is 4.43. The molecular weight excluding hydrogens is 183 g/mol. The number of aliphatic hydroxyl groups is 1. The van der Waals surface area contributed by atoms with Gasteiger partial charge in [0.15, 0.2) is 0 Å². The van der Waals surface area contributed by atoms with Crippen LogP contribution in [0.15, 0.2) is 0 Å². The van der Waals surface area contributed by atoms with Crippen LogP contribution >= 0.6 is 0 Å². The smallest absolute Gasteiger partial charge is 0.391 e. The van der Waals surface area contributed by atoms with Gasteiger partial charge in [-0.05, 0) is 18.8 Å². The summed E-state index contributed by atoms with van der Waals surface area (Å²) in [5, 5.41) is 9.31. The van der Waals surface area contributed by atoms with Crippen LogP contribution in [0.2, 0.25) is 0 Å². The van der Waals surface area contributed by atoms with Crippen molar-refractivity contribution in [3.63, 3.8) is 0 Å². The zero-order chi connectivity index (χ0) is 10.1. The Kier molecular flexibility index (Phi) is 3.18. The van der Waals surface area contributed by atoms with Crippen molar-refractivity contribution in [2.75, 3.05) is 0 Å². The molecule has 0 heterocycles. The van der Waals surface area contributed by atoms with Crippen LogP contribution in [0, 0.1) is 5.92 Å². The molecule has 0 aliphatic heterocycles. The molecular formula is C8H14F3NO. The molecule has 1 saturated carbocycles. The highest BCUT2D eigenvalue weighted by Gasteiger charge is 2.44. The van der Waals surface area contributed by atoms with Crippen molar-refractivity contribution in [2.24, 2.45) is 11.7 Å². The fourth-order valence-corrected chi connectivity index (χ4v) is 1.79. The molecule has 0 spiro atoms. The van der Waals surface area contributed by atoms with Gasteiger partial charge in [-0.25, -0.2) is 0 Å². The molecule has 0 radical (unpaired) electrons. The Bertz CT molecular complexity index is 165. The maximum atomic E-state index is 12.1. The molecule has 0 aromatic heterocycles. The van der Waals surface area contributed by atoms with Gasteiger partial charge in [0.05, 0.1) is 6.10 Å². The lowest BCUT2D eigenvalue weighted by atomic mass is 9.95. The summed E-state index contributed by atoms with van der Waals surface area (Å²) in [4.78, 5) is 0. The van der Waals surface area contributed by atoms with Crippen molar-refractivity contribution in [2.45, 2.75) is 44.0 Å². The minimum Gasteiger partial charge on any atom is -0.391 e. The van der Waals surface area contributed by atoms with E-state index in [2.05, 4.69) is 0 Å². The summed E-state index contributed by atoms with van der Waals surface area (Å²) in [6.45, 7) is 0. The summed E-state index contributed by atoms with van der Waals surface area (Å²) in [6, 6.07) is -2.09. The van der Waals surface area contributed by atoms with Gasteiger partial charge >= 0.3 is 6.18 Å². The highest BCUT2D eigenvalue weighted by atomic mass is 19.4. The van der Waals surface area contributed by atoms with E-state index in [1.165, 1.54) is 0 Å². The molecule has 2 atom stereocenters. The van der Waals surface area contributed by atoms with Gasteiger partial charge in [-0.3, -0.25) is 0 Å². The first-order valence-corrected chi connectivity index (χ1v) is 4.43. The monoisotopic (exact) mass is 197 g/mol. The minimum absolute atomic E-state index is 0.267. The van der Waals surface area contributed by atoms with E-state index in [4.69, 9.17) is 5.73 Å². The standard InChI is InChI=1S/C8H14F3NO/c9-8(10,11)7(12)6(13)5-3-1-2-4-5/h5-7,13H,1-4,12H2/t6-,7-/m0/s1. The highest BCUT2D eigenvalue weighted by molar-refractivity contribution is 4.86. The van der Waals surface area contributed by atoms with E-state index in [0.29, 0.717) is 12.8 Å². The Labute approximate surface area is 74.9 Å². The maximum Gasteiger partial charge on any atom is 0.406 e. The third kappa shape index (κ3) is 2.57. The number of nitrogens with two attached hydrogens (primary N) is 1. The zero-order valence-corrected chi connectivity index (χ0v) is 7.22. The number of halogens is 3. The largest absolute Gasteiger partial charge is 0.406 e. The Morgan fingerprint density at radius 3 is 2.08 bits per heavy atom. The summed E-state index contributed by atoms with van der Waals surface area (Å²) in [6.07, 6.45) is -2.81. The van der Waals surface area contributed by atoms with E-state index in [1.54, 1.807) is 0 Å². The Morgan fingerprint density at radius 1 is 1.23 bits per heavy atom. The molecule has 78 valence electrons. The third-order valence-corrected chi connectivity index (χ3v) is 2.63. The van der Waals surface area contributed by atoms with Gasteiger partial charge in [0.1, 0.15) is 6.04 Å². The quantitative estimate of drug-likeness (QED) is 0.703. The van der Waals surface area contributed by atoms with Gasteiger partial charge in [0, 0.05) is 0 Å². The molecule has 0 unspecified atom stereocenters. The van der Waals surface area contributed by atoms with Gasteiger partial charge in [-0.1, -0.05) is 12.8 Å². The van der Waals surface area contributed by atoms with Crippen LogP contribution < -0.4 is 5.73 Å². The van der Waals surface area contributed by atoms with E-state index in [1.807, 2.05) is 0 Å². The van der Waals surface area contributed by atoms with Crippen molar-refractivity contribution >= 4 is 0 Å². The number of hydrogen-bond donors (Lipinski definition) is 2. The Morgan fingerprint density at radius 2 is 1.69 bits per heavy atom. The molecule has 0 aromatic carbocycles. The molecule has 1 aliphatic carbocycles. The second kappa shape index (κ2) is 3.84. The van der Waals surface area contributed by atoms with Crippen molar-refractivity contribution < 1.29 is 18.3 Å². The van der Waals surface area contributed by atoms with Crippen LogP contribution in [0.3, 0.4) is 0 Å². The van der Waals surface area contributed by atoms with Crippen molar-refractivity contribution in [3.8, 4) is 0 Å². The van der Waals surface area contributed by atoms with Crippen LogP contribution in [-0.4, -0.2) is 23.4 Å². The number of hydrogen-bond acceptors (Lipinski definition) is 2. The molecule has 13 heavy (non-hydrogen) atoms. The summed E-state index contributed by atoms with van der Waals surface area (Å²) < 4.78 is 36.2. The number of alkyl halides is 3. The average molecular weight is 197 g/mol. The first-order chi connectivity index (χ1) is 5.93. The highest BCUT2D eigenvalue weighted by Crippen LogP contribution is 2.32. The van der Waals surface area contributed by atoms with E-state index in [9.17, 15) is 18.3 Å². The SMILES string of the molecule is N[C@@H]([C@@H](O)C1CCCC1)C(F)(F)F. The molecule has 1 fully saturated rings. The first kappa shape index (κ1) is 10.8. The van der Waals surface area contributed by atoms with Crippen molar-refractivity contribution in [1.82, 2.24) is 0 Å². The fourth-order valence-electron chi connectivity index (χ4n) is 1.79. The summed E-state index contributed by atoms with van der Waals surface area (Å²) in [5.74, 6) is -0.267. The number of aliphatic hydroxyl groups excluding tert-OH is 1. The Hall–Kier alpha value is -0.290. The van der Waals surface area contributed by atoms with Crippen LogP contribution in [0.5, 0.6) is 0 Å². The normalized spacial score (nSPS) is 24.7. The van der Waals surface area contributed by atoms with Crippen LogP contribution in [0.1, 0.15) is 25.7 Å². The summed E-state index contributed by atoms with van der Waals surface area (Å²) in [5.41, 5.74) is 4.90. The molecule has 0 saturated heterocycles. The van der Waals surface area contributed by atoms with Gasteiger partial charge < -0.3 is 10.8 Å². The van der Waals surface area contributed by atoms with Gasteiger partial charge in [-0.2, -0.15) is 13.2 Å². The van der Waals surface area contributed by atoms with E-state index in [-0.39, 0.29) is 5.92 Å². The van der Waals surface area contributed by atoms with E-state index >= 15 is 0 Å². The molecule has 5 heteroatoms. The lowest BCUT2D eigenvalue weighted by Gasteiger charge is -2.25. The van der Waals surface area contributed by atoms with Gasteiger partial charge in [-0.15, -0.1) is 0 Å². The number of rotatable bonds is 2. The molecule has 1 aliphatic rings.